The van der Waals surface area contributed by atoms with Crippen LogP contribution in [0.2, 0.25) is 0 Å². The van der Waals surface area contributed by atoms with Gasteiger partial charge in [-0.15, -0.1) is 0 Å². The van der Waals surface area contributed by atoms with E-state index in [4.69, 9.17) is 18.6 Å². The number of aliphatic hydroxyl groups excluding tert-OH is 3. The molecule has 0 fully saturated rings. The molecule has 0 aliphatic rings. The molecule has 0 saturated heterocycles. The van der Waals surface area contributed by atoms with E-state index in [1.807, 2.05) is 0 Å². The minimum Gasteiger partial charge on any atom is -0.507 e. The Balaban J connectivity index is 2.11. The lowest BCUT2D eigenvalue weighted by molar-refractivity contribution is -0.275. The van der Waals surface area contributed by atoms with E-state index in [2.05, 4.69) is 0 Å². The predicted octanol–water partition coefficient (Wildman–Crippen LogP) is 0.300. The molecule has 0 saturated carbocycles. The lowest BCUT2D eigenvalue weighted by Gasteiger charge is -2.29. The Hall–Kier alpha value is -3.59. The Labute approximate surface area is 197 Å². The molecule has 7 N–H and O–H groups in total. The zero-order valence-corrected chi connectivity index (χ0v) is 18.7. The van der Waals surface area contributed by atoms with Crippen LogP contribution < -0.4 is 14.9 Å². The summed E-state index contributed by atoms with van der Waals surface area (Å²) in [6, 6.07) is 5.91. The van der Waals surface area contributed by atoms with Gasteiger partial charge in [0.05, 0.1) is 20.3 Å². The molecule has 1 heterocycles. The van der Waals surface area contributed by atoms with Crippen molar-refractivity contribution in [3.05, 3.63) is 40.6 Å². The highest BCUT2D eigenvalue weighted by molar-refractivity contribution is 5.88. The summed E-state index contributed by atoms with van der Waals surface area (Å²) >= 11 is 0. The number of fused-ring (bicyclic) bond motifs is 1. The van der Waals surface area contributed by atoms with Crippen molar-refractivity contribution in [3.63, 3.8) is 0 Å². The van der Waals surface area contributed by atoms with Gasteiger partial charge < -0.3 is 54.5 Å². The number of hydroxylamine groups is 2. The number of ether oxygens (including phenoxy) is 3. The molecule has 0 bridgehead atoms. The molecule has 190 valence electrons. The zero-order chi connectivity index (χ0) is 25.9. The number of likely N-dealkylation sites (N-methyl/N-ethyl adjacent to an activating group) is 1. The zero-order valence-electron chi connectivity index (χ0n) is 18.7. The normalized spacial score (nSPS) is 14.1. The van der Waals surface area contributed by atoms with E-state index in [1.165, 1.54) is 32.4 Å². The quantitative estimate of drug-likeness (QED) is 0.115. The van der Waals surface area contributed by atoms with Crippen LogP contribution in [0.3, 0.4) is 0 Å². The van der Waals surface area contributed by atoms with E-state index in [1.54, 1.807) is 0 Å². The van der Waals surface area contributed by atoms with Gasteiger partial charge in [-0.1, -0.05) is 0 Å². The number of aliphatic hydroxyl groups is 3. The summed E-state index contributed by atoms with van der Waals surface area (Å²) in [5.74, 6) is -2.01. The molecule has 0 amide bonds. The minimum absolute atomic E-state index is 0.123. The van der Waals surface area contributed by atoms with Crippen molar-refractivity contribution < 1.29 is 54.5 Å². The first-order chi connectivity index (χ1) is 16.6. The number of methoxy groups -OCH3 is 1. The van der Waals surface area contributed by atoms with Crippen LogP contribution in [0.5, 0.6) is 28.7 Å². The van der Waals surface area contributed by atoms with Crippen molar-refractivity contribution in [1.82, 2.24) is 5.06 Å². The molecule has 35 heavy (non-hydrogen) atoms. The van der Waals surface area contributed by atoms with Crippen LogP contribution >= 0.6 is 0 Å². The van der Waals surface area contributed by atoms with Gasteiger partial charge in [0.2, 0.25) is 17.5 Å². The average molecular weight is 495 g/mol. The van der Waals surface area contributed by atoms with Gasteiger partial charge in [-0.3, -0.25) is 4.79 Å². The summed E-state index contributed by atoms with van der Waals surface area (Å²) in [5, 5.41) is 68.4. The number of phenols is 3. The highest BCUT2D eigenvalue weighted by Crippen LogP contribution is 2.38. The first-order valence-corrected chi connectivity index (χ1v) is 10.1. The molecule has 3 atom stereocenters. The molecule has 1 aromatic heterocycles. The molecule has 2 aromatic carbocycles. The Morgan fingerprint density at radius 3 is 2.31 bits per heavy atom. The maximum Gasteiger partial charge on any atom is 0.239 e. The van der Waals surface area contributed by atoms with Crippen molar-refractivity contribution in [2.24, 2.45) is 0 Å². The molecule has 0 spiro atoms. The van der Waals surface area contributed by atoms with Crippen molar-refractivity contribution in [1.29, 1.82) is 0 Å². The fourth-order valence-corrected chi connectivity index (χ4v) is 3.19. The predicted molar refractivity (Wildman–Crippen MR) is 118 cm³/mol. The summed E-state index contributed by atoms with van der Waals surface area (Å²) < 4.78 is 21.7. The van der Waals surface area contributed by atoms with Crippen molar-refractivity contribution in [2.75, 3.05) is 27.4 Å². The fraction of sp³-hybridized carbons (Fsp3) is 0.318. The molecule has 3 aromatic rings. The van der Waals surface area contributed by atoms with Gasteiger partial charge in [0.15, 0.2) is 23.5 Å². The van der Waals surface area contributed by atoms with E-state index in [0.29, 0.717) is 5.06 Å². The third kappa shape index (κ3) is 5.40. The highest BCUT2D eigenvalue weighted by Gasteiger charge is 2.28. The lowest BCUT2D eigenvalue weighted by Crippen LogP contribution is -2.45. The number of nitrogens with zero attached hydrogens (tertiary/aromatic N) is 1. The highest BCUT2D eigenvalue weighted by atomic mass is 16.7. The van der Waals surface area contributed by atoms with Gasteiger partial charge in [-0.2, -0.15) is 5.06 Å². The third-order valence-corrected chi connectivity index (χ3v) is 4.97. The number of hydrogen-bond donors (Lipinski definition) is 7. The van der Waals surface area contributed by atoms with Crippen LogP contribution in [-0.2, 0) is 4.74 Å². The van der Waals surface area contributed by atoms with Crippen LogP contribution in [0.15, 0.2) is 39.5 Å². The number of hydrogen-bond acceptors (Lipinski definition) is 13. The van der Waals surface area contributed by atoms with Crippen LogP contribution in [0, 0.1) is 0 Å². The molecule has 0 aliphatic heterocycles. The SMILES string of the molecule is COc1c(-c2ccc(O)c(O)c2)oc2cc(OC(OC(CO)N(C)O)C(O)CO)cc(O)c2c1=O. The average Bonchev–Trinajstić information content (AvgIpc) is 2.82. The van der Waals surface area contributed by atoms with E-state index in [-0.39, 0.29) is 33.8 Å². The molecular weight excluding hydrogens is 470 g/mol. The van der Waals surface area contributed by atoms with Gasteiger partial charge in [0, 0.05) is 24.7 Å². The number of aromatic hydroxyl groups is 3. The second-order valence-corrected chi connectivity index (χ2v) is 7.40. The summed E-state index contributed by atoms with van der Waals surface area (Å²) in [5.41, 5.74) is -0.745. The van der Waals surface area contributed by atoms with Gasteiger partial charge >= 0.3 is 0 Å². The van der Waals surface area contributed by atoms with E-state index in [9.17, 15) is 40.6 Å². The van der Waals surface area contributed by atoms with E-state index >= 15 is 0 Å². The van der Waals surface area contributed by atoms with Gasteiger partial charge in [0.25, 0.3) is 0 Å². The van der Waals surface area contributed by atoms with Gasteiger partial charge in [-0.05, 0) is 18.2 Å². The monoisotopic (exact) mass is 495 g/mol. The van der Waals surface area contributed by atoms with Gasteiger partial charge in [-0.25, -0.2) is 0 Å². The Morgan fingerprint density at radius 1 is 1.03 bits per heavy atom. The Kier molecular flexibility index (Phi) is 8.01. The number of rotatable bonds is 10. The van der Waals surface area contributed by atoms with Crippen molar-refractivity contribution in [2.45, 2.75) is 18.6 Å². The second kappa shape index (κ2) is 10.8. The maximum atomic E-state index is 13.0. The topological polar surface area (TPSA) is 203 Å². The third-order valence-electron chi connectivity index (χ3n) is 4.97. The Morgan fingerprint density at radius 2 is 1.74 bits per heavy atom. The van der Waals surface area contributed by atoms with Crippen molar-refractivity contribution >= 4 is 11.0 Å². The summed E-state index contributed by atoms with van der Waals surface area (Å²) in [4.78, 5) is 13.0. The standard InChI is InChI=1S/C22H25NO12/c1-23(31)17(9-25)35-22(15(29)8-24)33-11-6-14(28)18-16(7-11)34-20(21(32-2)19(18)30)10-3-4-12(26)13(27)5-10/h3-7,15,17,22,24-29,31H,8-9H2,1-2H3. The van der Waals surface area contributed by atoms with Crippen LogP contribution in [0.4, 0.5) is 0 Å². The maximum absolute atomic E-state index is 13.0. The molecule has 3 unspecified atom stereocenters. The van der Waals surface area contributed by atoms with Crippen molar-refractivity contribution in [3.8, 4) is 40.1 Å². The summed E-state index contributed by atoms with van der Waals surface area (Å²) in [7, 11) is 2.39. The molecule has 3 rings (SSSR count). The minimum atomic E-state index is -1.62. The van der Waals surface area contributed by atoms with Crippen LogP contribution in [0.1, 0.15) is 0 Å². The van der Waals surface area contributed by atoms with Gasteiger partial charge in [0.1, 0.15) is 28.6 Å². The van der Waals surface area contributed by atoms with Crippen LogP contribution in [-0.4, -0.2) is 86.9 Å². The summed E-state index contributed by atoms with van der Waals surface area (Å²) in [6.45, 7) is -1.50. The fourth-order valence-electron chi connectivity index (χ4n) is 3.19. The largest absolute Gasteiger partial charge is 0.507 e. The summed E-state index contributed by atoms with van der Waals surface area (Å²) in [6.07, 6.45) is -4.58. The molecule has 13 nitrogen and oxygen atoms in total. The smallest absolute Gasteiger partial charge is 0.239 e. The second-order valence-electron chi connectivity index (χ2n) is 7.40. The molecular formula is C22H25NO12. The van der Waals surface area contributed by atoms with E-state index < -0.39 is 54.5 Å². The molecule has 0 aliphatic carbocycles. The number of phenolic OH excluding ortho intramolecular Hbond substituents is 3. The molecule has 0 radical (unpaired) electrons. The number of benzene rings is 2. The lowest BCUT2D eigenvalue weighted by atomic mass is 10.1. The van der Waals surface area contributed by atoms with Crippen LogP contribution in [0.25, 0.3) is 22.3 Å². The van der Waals surface area contributed by atoms with E-state index in [0.717, 1.165) is 12.1 Å². The Bertz CT molecular complexity index is 1240. The molecule has 13 heteroatoms. The first kappa shape index (κ1) is 26.0. The first-order valence-electron chi connectivity index (χ1n) is 10.1.